The van der Waals surface area contributed by atoms with Crippen molar-refractivity contribution in [1.29, 1.82) is 0 Å². The lowest BCUT2D eigenvalue weighted by Gasteiger charge is -2.07. The van der Waals surface area contributed by atoms with E-state index in [1.54, 1.807) is 6.07 Å². The Labute approximate surface area is 138 Å². The van der Waals surface area contributed by atoms with Crippen molar-refractivity contribution in [2.75, 3.05) is 13.2 Å². The van der Waals surface area contributed by atoms with Crippen molar-refractivity contribution in [3.05, 3.63) is 70.1 Å². The molecule has 1 heterocycles. The van der Waals surface area contributed by atoms with Gasteiger partial charge in [0.25, 0.3) is 5.91 Å². The van der Waals surface area contributed by atoms with Gasteiger partial charge in [0.05, 0.1) is 0 Å². The number of hydrogen-bond acceptors (Lipinski definition) is 4. The molecular formula is C16H15ClN2O4. The van der Waals surface area contributed by atoms with Crippen LogP contribution in [0.1, 0.15) is 16.1 Å². The fourth-order valence-electron chi connectivity index (χ4n) is 1.88. The van der Waals surface area contributed by atoms with E-state index in [2.05, 4.69) is 5.32 Å². The zero-order valence-electron chi connectivity index (χ0n) is 12.2. The molecule has 1 aromatic heterocycles. The van der Waals surface area contributed by atoms with Gasteiger partial charge in [-0.15, -0.1) is 0 Å². The van der Waals surface area contributed by atoms with Crippen LogP contribution < -0.4 is 10.0 Å². The zero-order chi connectivity index (χ0) is 16.7. The summed E-state index contributed by atoms with van der Waals surface area (Å²) in [6.45, 7) is -0.0487. The Bertz CT molecular complexity index is 706. The molecule has 0 spiro atoms. The van der Waals surface area contributed by atoms with Crippen LogP contribution in [0.25, 0.3) is 0 Å². The van der Waals surface area contributed by atoms with E-state index < -0.39 is 18.5 Å². The molecule has 2 rings (SSSR count). The average molecular weight is 335 g/mol. The summed E-state index contributed by atoms with van der Waals surface area (Å²) < 4.78 is 5.19. The summed E-state index contributed by atoms with van der Waals surface area (Å²) >= 11 is 5.87. The summed E-state index contributed by atoms with van der Waals surface area (Å²) in [6, 6.07) is 11.7. The Hall–Kier alpha value is -2.60. The molecule has 0 aliphatic heterocycles. The first-order valence-electron chi connectivity index (χ1n) is 6.93. The molecule has 6 nitrogen and oxygen atoms in total. The number of rotatable bonds is 6. The third kappa shape index (κ3) is 5.27. The number of carbonyl (C=O) groups excluding carboxylic acids is 2. The molecule has 1 aromatic carbocycles. The normalized spacial score (nSPS) is 10.1. The number of nitrogens with one attached hydrogen (secondary N) is 1. The highest BCUT2D eigenvalue weighted by atomic mass is 35.5. The maximum atomic E-state index is 11.7. The molecule has 1 amide bonds. The number of pyridine rings is 1. The second-order valence-corrected chi connectivity index (χ2v) is 5.15. The molecule has 0 aliphatic carbocycles. The fourth-order valence-corrected chi connectivity index (χ4v) is 2.09. The minimum atomic E-state index is -0.842. The highest BCUT2D eigenvalue weighted by Crippen LogP contribution is 2.10. The van der Waals surface area contributed by atoms with Crippen LogP contribution in [0.4, 0.5) is 0 Å². The number of nitrogens with zero attached hydrogens (tertiary/aromatic N) is 1. The number of amides is 1. The standard InChI is InChI=1S/C16H15ClN2O4/c17-13-5-3-4-12(10-13)7-8-18-15(20)11-23-16(21)14-6-1-2-9-19(14)22/h1-6,9-10H,7-8,11H2,(H,18,20). The second kappa shape index (κ2) is 8.14. The van der Waals surface area contributed by atoms with Gasteiger partial charge < -0.3 is 15.3 Å². The summed E-state index contributed by atoms with van der Waals surface area (Å²) in [5, 5.41) is 14.6. The summed E-state index contributed by atoms with van der Waals surface area (Å²) in [7, 11) is 0. The molecule has 2 aromatic rings. The van der Waals surface area contributed by atoms with E-state index in [1.165, 1.54) is 24.4 Å². The Balaban J connectivity index is 1.73. The van der Waals surface area contributed by atoms with Crippen molar-refractivity contribution in [3.63, 3.8) is 0 Å². The third-order valence-electron chi connectivity index (χ3n) is 2.99. The maximum absolute atomic E-state index is 11.7. The van der Waals surface area contributed by atoms with E-state index in [1.807, 2.05) is 18.2 Å². The predicted molar refractivity (Wildman–Crippen MR) is 83.9 cm³/mol. The van der Waals surface area contributed by atoms with Crippen molar-refractivity contribution in [1.82, 2.24) is 5.32 Å². The predicted octanol–water partition coefficient (Wildman–Crippen LogP) is 1.49. The van der Waals surface area contributed by atoms with Gasteiger partial charge in [0.2, 0.25) is 0 Å². The first-order valence-corrected chi connectivity index (χ1v) is 7.30. The molecular weight excluding hydrogens is 320 g/mol. The van der Waals surface area contributed by atoms with Crippen molar-refractivity contribution < 1.29 is 19.1 Å². The quantitative estimate of drug-likeness (QED) is 0.493. The van der Waals surface area contributed by atoms with Crippen LogP contribution >= 0.6 is 11.6 Å². The van der Waals surface area contributed by atoms with E-state index in [9.17, 15) is 14.8 Å². The molecule has 0 unspecified atom stereocenters. The van der Waals surface area contributed by atoms with E-state index in [0.717, 1.165) is 5.56 Å². The van der Waals surface area contributed by atoms with E-state index in [0.29, 0.717) is 22.7 Å². The van der Waals surface area contributed by atoms with Crippen LogP contribution in [0.3, 0.4) is 0 Å². The van der Waals surface area contributed by atoms with Gasteiger partial charge in [-0.05, 0) is 30.2 Å². The van der Waals surface area contributed by atoms with Gasteiger partial charge in [0, 0.05) is 23.7 Å². The van der Waals surface area contributed by atoms with Crippen molar-refractivity contribution in [3.8, 4) is 0 Å². The first-order chi connectivity index (χ1) is 11.1. The van der Waals surface area contributed by atoms with Crippen molar-refractivity contribution in [2.45, 2.75) is 6.42 Å². The van der Waals surface area contributed by atoms with E-state index in [4.69, 9.17) is 16.3 Å². The van der Waals surface area contributed by atoms with Gasteiger partial charge in [-0.2, -0.15) is 4.73 Å². The van der Waals surface area contributed by atoms with Gasteiger partial charge in [-0.1, -0.05) is 23.7 Å². The lowest BCUT2D eigenvalue weighted by molar-refractivity contribution is -0.608. The minimum Gasteiger partial charge on any atom is -0.618 e. The Morgan fingerprint density at radius 1 is 1.22 bits per heavy atom. The molecule has 120 valence electrons. The Kier molecular flexibility index (Phi) is 5.94. The highest BCUT2D eigenvalue weighted by Gasteiger charge is 2.17. The van der Waals surface area contributed by atoms with Gasteiger partial charge >= 0.3 is 11.7 Å². The van der Waals surface area contributed by atoms with Crippen LogP contribution in [0, 0.1) is 5.21 Å². The summed E-state index contributed by atoms with van der Waals surface area (Å²) in [6.07, 6.45) is 1.79. The van der Waals surface area contributed by atoms with Crippen LogP contribution in [0.5, 0.6) is 0 Å². The van der Waals surface area contributed by atoms with Gasteiger partial charge in [0.1, 0.15) is 0 Å². The van der Waals surface area contributed by atoms with Crippen molar-refractivity contribution >= 4 is 23.5 Å². The van der Waals surface area contributed by atoms with E-state index >= 15 is 0 Å². The van der Waals surface area contributed by atoms with Crippen LogP contribution in [0.15, 0.2) is 48.7 Å². The SMILES string of the molecule is O=C(COC(=O)c1cccc[n+]1[O-])NCCc1cccc(Cl)c1. The molecule has 7 heteroatoms. The number of benzene rings is 1. The monoisotopic (exact) mass is 334 g/mol. The second-order valence-electron chi connectivity index (χ2n) is 4.72. The summed E-state index contributed by atoms with van der Waals surface area (Å²) in [5.74, 6) is -1.28. The van der Waals surface area contributed by atoms with E-state index in [-0.39, 0.29) is 5.69 Å². The molecule has 1 N–H and O–H groups in total. The molecule has 0 atom stereocenters. The van der Waals surface area contributed by atoms with Gasteiger partial charge in [-0.25, -0.2) is 4.79 Å². The number of carbonyl (C=O) groups is 2. The Morgan fingerprint density at radius 3 is 2.78 bits per heavy atom. The van der Waals surface area contributed by atoms with Crippen LogP contribution in [0.2, 0.25) is 5.02 Å². The molecule has 0 saturated carbocycles. The fraction of sp³-hybridized carbons (Fsp3) is 0.188. The number of halogens is 1. The lowest BCUT2D eigenvalue weighted by atomic mass is 10.1. The Morgan fingerprint density at radius 2 is 2.04 bits per heavy atom. The van der Waals surface area contributed by atoms with Gasteiger partial charge in [-0.3, -0.25) is 4.79 Å². The summed E-state index contributed by atoms with van der Waals surface area (Å²) in [4.78, 5) is 23.3. The lowest BCUT2D eigenvalue weighted by Crippen LogP contribution is -2.36. The average Bonchev–Trinajstić information content (AvgIpc) is 2.53. The summed E-state index contributed by atoms with van der Waals surface area (Å²) in [5.41, 5.74) is 0.825. The smallest absolute Gasteiger partial charge is 0.405 e. The number of ether oxygens (including phenoxy) is 1. The topological polar surface area (TPSA) is 82.3 Å². The third-order valence-corrected chi connectivity index (χ3v) is 3.23. The number of esters is 1. The van der Waals surface area contributed by atoms with Crippen LogP contribution in [-0.4, -0.2) is 25.0 Å². The molecule has 0 radical (unpaired) electrons. The zero-order valence-corrected chi connectivity index (χ0v) is 13.0. The molecule has 23 heavy (non-hydrogen) atoms. The molecule has 0 saturated heterocycles. The van der Waals surface area contributed by atoms with Crippen LogP contribution in [-0.2, 0) is 16.0 Å². The number of hydrogen-bond donors (Lipinski definition) is 1. The number of aromatic nitrogens is 1. The molecule has 0 bridgehead atoms. The van der Waals surface area contributed by atoms with Crippen molar-refractivity contribution in [2.24, 2.45) is 0 Å². The largest absolute Gasteiger partial charge is 0.618 e. The minimum absolute atomic E-state index is 0.167. The first kappa shape index (κ1) is 16.8. The molecule has 0 aliphatic rings. The maximum Gasteiger partial charge on any atom is 0.405 e. The molecule has 0 fully saturated rings. The highest BCUT2D eigenvalue weighted by molar-refractivity contribution is 6.30. The van der Waals surface area contributed by atoms with Gasteiger partial charge in [0.15, 0.2) is 12.8 Å².